The van der Waals surface area contributed by atoms with Crippen molar-refractivity contribution in [2.24, 2.45) is 10.8 Å². The summed E-state index contributed by atoms with van der Waals surface area (Å²) in [4.78, 5) is 15.3. The molecule has 132 valence electrons. The van der Waals surface area contributed by atoms with Crippen molar-refractivity contribution in [2.45, 2.75) is 6.92 Å². The Balaban J connectivity index is 1.69. The number of nitrogens with two attached hydrogens (primary N) is 1. The molecule has 0 aliphatic rings. The molecule has 0 saturated carbocycles. The molecule has 0 saturated heterocycles. The van der Waals surface area contributed by atoms with E-state index in [9.17, 15) is 4.79 Å². The lowest BCUT2D eigenvalue weighted by molar-refractivity contribution is 0.249. The summed E-state index contributed by atoms with van der Waals surface area (Å²) in [6.45, 7) is 1.80. The van der Waals surface area contributed by atoms with Crippen LogP contribution >= 0.6 is 27.3 Å². The molecule has 0 bridgehead atoms. The molecule has 6 nitrogen and oxygen atoms in total. The van der Waals surface area contributed by atoms with Gasteiger partial charge >= 0.3 is 6.03 Å². The van der Waals surface area contributed by atoms with Crippen LogP contribution in [0.3, 0.4) is 0 Å². The van der Waals surface area contributed by atoms with Crippen LogP contribution in [0.4, 0.5) is 15.6 Å². The van der Waals surface area contributed by atoms with Crippen molar-refractivity contribution in [3.63, 3.8) is 0 Å². The van der Waals surface area contributed by atoms with E-state index in [2.05, 4.69) is 36.8 Å². The maximum absolute atomic E-state index is 10.7. The zero-order valence-corrected chi connectivity index (χ0v) is 16.3. The van der Waals surface area contributed by atoms with E-state index in [1.54, 1.807) is 18.3 Å². The first-order chi connectivity index (χ1) is 12.5. The van der Waals surface area contributed by atoms with Crippen molar-refractivity contribution >= 4 is 49.8 Å². The second-order valence-electron chi connectivity index (χ2n) is 5.42. The number of anilines is 2. The molecule has 0 fully saturated rings. The van der Waals surface area contributed by atoms with Gasteiger partial charge in [0.25, 0.3) is 0 Å². The number of hydrazone groups is 1. The molecule has 3 rings (SSSR count). The highest BCUT2D eigenvalue weighted by Gasteiger charge is 2.05. The van der Waals surface area contributed by atoms with E-state index >= 15 is 0 Å². The number of amides is 2. The maximum atomic E-state index is 10.7. The minimum Gasteiger partial charge on any atom is -0.350 e. The largest absolute Gasteiger partial charge is 0.350 e. The summed E-state index contributed by atoms with van der Waals surface area (Å²) >= 11 is 4.98. The van der Waals surface area contributed by atoms with Gasteiger partial charge in [-0.3, -0.25) is 0 Å². The smallest absolute Gasteiger partial charge is 0.332 e. The first-order valence-corrected chi connectivity index (χ1v) is 9.37. The van der Waals surface area contributed by atoms with E-state index in [0.717, 1.165) is 32.1 Å². The standard InChI is InChI=1S/C18H16BrN5OS/c1-11(23-24-17(20)25)12-4-8-15(9-5-12)21-18-22-16(10-26-18)13-2-6-14(19)7-3-13/h2-10H,1H3,(H,21,22)(H3,20,24,25)/b23-11+. The molecule has 3 aromatic rings. The quantitative estimate of drug-likeness (QED) is 0.404. The number of urea groups is 1. The molecule has 0 radical (unpaired) electrons. The molecule has 0 spiro atoms. The second-order valence-corrected chi connectivity index (χ2v) is 7.19. The fourth-order valence-corrected chi connectivity index (χ4v) is 3.21. The topological polar surface area (TPSA) is 92.4 Å². The summed E-state index contributed by atoms with van der Waals surface area (Å²) in [7, 11) is 0. The Hall–Kier alpha value is -2.71. The third-order valence-corrected chi connectivity index (χ3v) is 4.82. The molecular formula is C18H16BrN5OS. The first-order valence-electron chi connectivity index (χ1n) is 7.70. The number of nitrogens with one attached hydrogen (secondary N) is 2. The predicted molar refractivity (Wildman–Crippen MR) is 110 cm³/mol. The Morgan fingerprint density at radius 1 is 1.15 bits per heavy atom. The van der Waals surface area contributed by atoms with E-state index in [1.807, 2.05) is 53.9 Å². The van der Waals surface area contributed by atoms with Gasteiger partial charge in [-0.25, -0.2) is 15.2 Å². The van der Waals surface area contributed by atoms with Crippen LogP contribution in [0, 0.1) is 0 Å². The van der Waals surface area contributed by atoms with Crippen LogP contribution in [0.5, 0.6) is 0 Å². The number of aromatic nitrogens is 1. The number of primary amides is 1. The SMILES string of the molecule is C/C(=N\NC(N)=O)c1ccc(Nc2nc(-c3ccc(Br)cc3)cs2)cc1. The molecule has 2 amide bonds. The number of carbonyl (C=O) groups excluding carboxylic acids is 1. The first kappa shape index (κ1) is 18.1. The Bertz CT molecular complexity index is 935. The number of halogens is 1. The van der Waals surface area contributed by atoms with Crippen molar-refractivity contribution in [3.8, 4) is 11.3 Å². The molecule has 0 aliphatic heterocycles. The highest BCUT2D eigenvalue weighted by Crippen LogP contribution is 2.28. The van der Waals surface area contributed by atoms with Crippen LogP contribution in [0.2, 0.25) is 0 Å². The van der Waals surface area contributed by atoms with Gasteiger partial charge in [0.05, 0.1) is 11.4 Å². The van der Waals surface area contributed by atoms with Crippen LogP contribution in [-0.2, 0) is 0 Å². The highest BCUT2D eigenvalue weighted by molar-refractivity contribution is 9.10. The number of carbonyl (C=O) groups is 1. The van der Waals surface area contributed by atoms with Gasteiger partial charge in [-0.15, -0.1) is 11.3 Å². The van der Waals surface area contributed by atoms with E-state index in [-0.39, 0.29) is 0 Å². The summed E-state index contributed by atoms with van der Waals surface area (Å²) < 4.78 is 1.04. The van der Waals surface area contributed by atoms with E-state index in [4.69, 9.17) is 5.73 Å². The zero-order chi connectivity index (χ0) is 18.5. The molecule has 26 heavy (non-hydrogen) atoms. The van der Waals surface area contributed by atoms with Crippen molar-refractivity contribution < 1.29 is 4.79 Å². The van der Waals surface area contributed by atoms with Crippen molar-refractivity contribution in [2.75, 3.05) is 5.32 Å². The minimum atomic E-state index is -0.687. The summed E-state index contributed by atoms with van der Waals surface area (Å²) in [5.74, 6) is 0. The number of hydrogen-bond donors (Lipinski definition) is 3. The van der Waals surface area contributed by atoms with Crippen LogP contribution in [-0.4, -0.2) is 16.7 Å². The van der Waals surface area contributed by atoms with Crippen LogP contribution in [0.15, 0.2) is 63.5 Å². The monoisotopic (exact) mass is 429 g/mol. The average Bonchev–Trinajstić information content (AvgIpc) is 3.09. The van der Waals surface area contributed by atoms with Gasteiger partial charge in [0.15, 0.2) is 5.13 Å². The van der Waals surface area contributed by atoms with Gasteiger partial charge in [0.1, 0.15) is 0 Å². The summed E-state index contributed by atoms with van der Waals surface area (Å²) in [6, 6.07) is 15.0. The predicted octanol–water partition coefficient (Wildman–Crippen LogP) is 4.71. The van der Waals surface area contributed by atoms with Crippen LogP contribution in [0.1, 0.15) is 12.5 Å². The lowest BCUT2D eigenvalue weighted by Crippen LogP contribution is -2.25. The Labute approximate surface area is 163 Å². The lowest BCUT2D eigenvalue weighted by atomic mass is 10.1. The zero-order valence-electron chi connectivity index (χ0n) is 13.9. The molecule has 1 heterocycles. The van der Waals surface area contributed by atoms with Crippen molar-refractivity contribution in [1.82, 2.24) is 10.4 Å². The van der Waals surface area contributed by atoms with Gasteiger partial charge in [0, 0.05) is 21.1 Å². The Morgan fingerprint density at radius 3 is 2.50 bits per heavy atom. The van der Waals surface area contributed by atoms with E-state index in [1.165, 1.54) is 0 Å². The molecule has 0 aliphatic carbocycles. The summed E-state index contributed by atoms with van der Waals surface area (Å²) in [6.07, 6.45) is 0. The third-order valence-electron chi connectivity index (χ3n) is 3.53. The number of rotatable bonds is 5. The van der Waals surface area contributed by atoms with Gasteiger partial charge in [0.2, 0.25) is 0 Å². The lowest BCUT2D eigenvalue weighted by Gasteiger charge is -2.05. The molecule has 0 atom stereocenters. The van der Waals surface area contributed by atoms with Gasteiger partial charge in [-0.05, 0) is 36.8 Å². The summed E-state index contributed by atoms with van der Waals surface area (Å²) in [5.41, 5.74) is 11.7. The average molecular weight is 430 g/mol. The molecule has 8 heteroatoms. The normalized spacial score (nSPS) is 11.2. The molecule has 1 aromatic heterocycles. The molecule has 2 aromatic carbocycles. The number of hydrogen-bond acceptors (Lipinski definition) is 5. The molecular weight excluding hydrogens is 414 g/mol. The van der Waals surface area contributed by atoms with E-state index < -0.39 is 6.03 Å². The molecule has 4 N–H and O–H groups in total. The Morgan fingerprint density at radius 2 is 1.85 bits per heavy atom. The number of thiazole rings is 1. The number of nitrogens with zero attached hydrogens (tertiary/aromatic N) is 2. The van der Waals surface area contributed by atoms with Crippen molar-refractivity contribution in [3.05, 3.63) is 63.9 Å². The number of benzene rings is 2. The fourth-order valence-electron chi connectivity index (χ4n) is 2.21. The van der Waals surface area contributed by atoms with Gasteiger partial charge < -0.3 is 11.1 Å². The van der Waals surface area contributed by atoms with Gasteiger partial charge in [-0.2, -0.15) is 5.10 Å². The van der Waals surface area contributed by atoms with E-state index in [0.29, 0.717) is 5.71 Å². The van der Waals surface area contributed by atoms with Crippen molar-refractivity contribution in [1.29, 1.82) is 0 Å². The van der Waals surface area contributed by atoms with Gasteiger partial charge in [-0.1, -0.05) is 40.2 Å². The minimum absolute atomic E-state index is 0.669. The highest BCUT2D eigenvalue weighted by atomic mass is 79.9. The summed E-state index contributed by atoms with van der Waals surface area (Å²) in [5, 5.41) is 10.0. The molecule has 0 unspecified atom stereocenters. The third kappa shape index (κ3) is 4.68. The van der Waals surface area contributed by atoms with Crippen LogP contribution in [0.25, 0.3) is 11.3 Å². The second kappa shape index (κ2) is 8.11. The Kier molecular flexibility index (Phi) is 5.65. The maximum Gasteiger partial charge on any atom is 0.332 e. The van der Waals surface area contributed by atoms with Crippen LogP contribution < -0.4 is 16.5 Å². The fraction of sp³-hybridized carbons (Fsp3) is 0.0556.